The Hall–Kier alpha value is -3.06. The van der Waals surface area contributed by atoms with Crippen molar-refractivity contribution in [2.24, 2.45) is 5.73 Å². The second kappa shape index (κ2) is 6.80. The van der Waals surface area contributed by atoms with E-state index in [2.05, 4.69) is 10.1 Å². The summed E-state index contributed by atoms with van der Waals surface area (Å²) in [5.74, 6) is -0.228. The number of nitriles is 1. The van der Waals surface area contributed by atoms with Crippen molar-refractivity contribution in [2.45, 2.75) is 12.7 Å². The molecule has 0 aliphatic heterocycles. The van der Waals surface area contributed by atoms with Crippen LogP contribution in [-0.2, 0) is 4.74 Å². The summed E-state index contributed by atoms with van der Waals surface area (Å²) in [5, 5.41) is 21.8. The van der Waals surface area contributed by atoms with Crippen LogP contribution in [0.1, 0.15) is 23.8 Å². The van der Waals surface area contributed by atoms with Crippen LogP contribution in [0.15, 0.2) is 24.5 Å². The molecule has 3 N–H and O–H groups in total. The van der Waals surface area contributed by atoms with Crippen molar-refractivity contribution in [2.75, 3.05) is 6.61 Å². The van der Waals surface area contributed by atoms with E-state index in [0.717, 1.165) is 6.33 Å². The van der Waals surface area contributed by atoms with Gasteiger partial charge in [-0.1, -0.05) is 6.07 Å². The number of carbonyl (C=O) groups is 1. The highest BCUT2D eigenvalue weighted by atomic mass is 19.3. The summed E-state index contributed by atoms with van der Waals surface area (Å²) in [4.78, 5) is 14.6. The molecule has 0 spiro atoms. The number of primary amides is 1. The van der Waals surface area contributed by atoms with E-state index in [1.807, 2.05) is 6.07 Å². The van der Waals surface area contributed by atoms with Gasteiger partial charge in [-0.25, -0.2) is 9.78 Å². The highest BCUT2D eigenvalue weighted by Gasteiger charge is 2.21. The molecule has 23 heavy (non-hydrogen) atoms. The largest absolute Gasteiger partial charge is 0.439 e. The molecular formula is C13H11F2N5O3. The summed E-state index contributed by atoms with van der Waals surface area (Å²) < 4.78 is 30.9. The smallest absolute Gasteiger partial charge is 0.405 e. The van der Waals surface area contributed by atoms with E-state index >= 15 is 0 Å². The van der Waals surface area contributed by atoms with Crippen LogP contribution in [0.25, 0.3) is 11.4 Å². The van der Waals surface area contributed by atoms with Crippen molar-refractivity contribution in [1.82, 2.24) is 14.8 Å². The number of nitrogens with zero attached hydrogens (tertiary/aromatic N) is 4. The Bertz CT molecular complexity index is 756. The number of nitrogens with two attached hydrogens (primary N) is 1. The molecule has 0 radical (unpaired) electrons. The van der Waals surface area contributed by atoms with E-state index in [1.165, 1.54) is 18.2 Å². The van der Waals surface area contributed by atoms with Crippen molar-refractivity contribution < 1.29 is 23.4 Å². The number of ether oxygens (including phenoxy) is 1. The van der Waals surface area contributed by atoms with Gasteiger partial charge in [-0.05, 0) is 17.7 Å². The van der Waals surface area contributed by atoms with Gasteiger partial charge in [-0.15, -0.1) is 0 Å². The Morgan fingerprint density at radius 2 is 2.26 bits per heavy atom. The van der Waals surface area contributed by atoms with Gasteiger partial charge in [0, 0.05) is 5.56 Å². The fourth-order valence-corrected chi connectivity index (χ4v) is 1.98. The number of hydrogen-bond acceptors (Lipinski definition) is 6. The van der Waals surface area contributed by atoms with Crippen LogP contribution in [-0.4, -0.2) is 32.6 Å². The van der Waals surface area contributed by atoms with E-state index in [1.54, 1.807) is 0 Å². The predicted molar refractivity (Wildman–Crippen MR) is 71.9 cm³/mol. The Morgan fingerprint density at radius 3 is 2.83 bits per heavy atom. The van der Waals surface area contributed by atoms with Gasteiger partial charge in [0.2, 0.25) is 0 Å². The molecule has 120 valence electrons. The van der Waals surface area contributed by atoms with Gasteiger partial charge in [0.05, 0.1) is 18.2 Å². The first kappa shape index (κ1) is 16.3. The minimum Gasteiger partial charge on any atom is -0.439 e. The average Bonchev–Trinajstić information content (AvgIpc) is 3.01. The number of aliphatic hydroxyl groups is 1. The van der Waals surface area contributed by atoms with Gasteiger partial charge < -0.3 is 15.6 Å². The maximum Gasteiger partial charge on any atom is 0.405 e. The Kier molecular flexibility index (Phi) is 4.82. The van der Waals surface area contributed by atoms with Crippen molar-refractivity contribution >= 4 is 6.09 Å². The monoisotopic (exact) mass is 323 g/mol. The molecule has 0 aliphatic rings. The second-order valence-corrected chi connectivity index (χ2v) is 4.33. The lowest BCUT2D eigenvalue weighted by molar-refractivity contribution is 0.0582. The van der Waals surface area contributed by atoms with Crippen LogP contribution in [0.2, 0.25) is 0 Å². The molecule has 0 bridgehead atoms. The summed E-state index contributed by atoms with van der Waals surface area (Å²) in [7, 11) is 0. The van der Waals surface area contributed by atoms with Gasteiger partial charge in [0.15, 0.2) is 11.9 Å². The minimum atomic E-state index is -2.95. The third-order valence-electron chi connectivity index (χ3n) is 2.96. The van der Waals surface area contributed by atoms with Crippen molar-refractivity contribution in [3.05, 3.63) is 35.7 Å². The van der Waals surface area contributed by atoms with Crippen LogP contribution in [0.4, 0.5) is 13.6 Å². The molecule has 8 nitrogen and oxygen atoms in total. The van der Waals surface area contributed by atoms with Crippen LogP contribution >= 0.6 is 0 Å². The number of carbonyl (C=O) groups excluding carboxylic acids is 1. The molecule has 1 aromatic heterocycles. The van der Waals surface area contributed by atoms with Crippen molar-refractivity contribution in [3.8, 4) is 17.5 Å². The first-order valence-electron chi connectivity index (χ1n) is 6.27. The lowest BCUT2D eigenvalue weighted by Gasteiger charge is -2.16. The number of aliphatic hydroxyl groups excluding tert-OH is 1. The van der Waals surface area contributed by atoms with Gasteiger partial charge in [0.1, 0.15) is 6.33 Å². The Balaban J connectivity index is 2.54. The molecule has 2 rings (SSSR count). The maximum atomic E-state index is 12.9. The number of hydrogen-bond donors (Lipinski definition) is 2. The lowest BCUT2D eigenvalue weighted by Crippen LogP contribution is -2.19. The SMILES string of the molecule is N#Cc1ccc([C@@H](CO)OC(N)=O)cc1-c1ncnn1C(F)F. The molecule has 0 saturated carbocycles. The molecule has 0 fully saturated rings. The summed E-state index contributed by atoms with van der Waals surface area (Å²) in [6.07, 6.45) is -1.27. The summed E-state index contributed by atoms with van der Waals surface area (Å²) in [6.45, 7) is -3.52. The highest BCUT2D eigenvalue weighted by Crippen LogP contribution is 2.28. The van der Waals surface area contributed by atoms with Gasteiger partial charge >= 0.3 is 12.6 Å². The number of halogens is 2. The molecule has 1 heterocycles. The number of amides is 1. The third-order valence-corrected chi connectivity index (χ3v) is 2.96. The molecule has 1 atom stereocenters. The highest BCUT2D eigenvalue weighted by molar-refractivity contribution is 5.67. The maximum absolute atomic E-state index is 12.9. The molecule has 0 unspecified atom stereocenters. The first-order chi connectivity index (χ1) is 11.0. The van der Waals surface area contributed by atoms with Crippen molar-refractivity contribution in [1.29, 1.82) is 5.26 Å². The molecule has 2 aromatic rings. The van der Waals surface area contributed by atoms with E-state index in [9.17, 15) is 18.7 Å². The van der Waals surface area contributed by atoms with E-state index in [-0.39, 0.29) is 22.5 Å². The molecule has 0 saturated heterocycles. The van der Waals surface area contributed by atoms with Gasteiger partial charge in [-0.2, -0.15) is 23.8 Å². The quantitative estimate of drug-likeness (QED) is 0.854. The average molecular weight is 323 g/mol. The molecular weight excluding hydrogens is 312 g/mol. The zero-order valence-electron chi connectivity index (χ0n) is 11.6. The molecule has 10 heteroatoms. The third kappa shape index (κ3) is 3.41. The van der Waals surface area contributed by atoms with Gasteiger partial charge in [-0.3, -0.25) is 0 Å². The first-order valence-corrected chi connectivity index (χ1v) is 6.27. The van der Waals surface area contributed by atoms with E-state index in [0.29, 0.717) is 4.68 Å². The predicted octanol–water partition coefficient (Wildman–Crippen LogP) is 1.34. The summed E-state index contributed by atoms with van der Waals surface area (Å²) >= 11 is 0. The number of alkyl halides is 2. The Morgan fingerprint density at radius 1 is 1.52 bits per heavy atom. The van der Waals surface area contributed by atoms with E-state index in [4.69, 9.17) is 15.7 Å². The fourth-order valence-electron chi connectivity index (χ4n) is 1.98. The van der Waals surface area contributed by atoms with Crippen LogP contribution < -0.4 is 5.73 Å². The number of benzene rings is 1. The van der Waals surface area contributed by atoms with Crippen LogP contribution in [0.3, 0.4) is 0 Å². The second-order valence-electron chi connectivity index (χ2n) is 4.33. The minimum absolute atomic E-state index is 0.0642. The van der Waals surface area contributed by atoms with Crippen molar-refractivity contribution in [3.63, 3.8) is 0 Å². The lowest BCUT2D eigenvalue weighted by atomic mass is 10.0. The zero-order valence-corrected chi connectivity index (χ0v) is 11.6. The molecule has 1 amide bonds. The van der Waals surface area contributed by atoms with E-state index < -0.39 is 25.4 Å². The molecule has 1 aromatic carbocycles. The van der Waals surface area contributed by atoms with Gasteiger partial charge in [0.25, 0.3) is 0 Å². The normalized spacial score (nSPS) is 12.0. The standard InChI is InChI=1S/C13H11F2N5O3/c14-12(15)20-11(18-6-19-20)9-3-7(1-2-8(9)4-16)10(5-21)23-13(17)22/h1-3,6,10,12,21H,5H2,(H2,17,22)/t10-/m1/s1. The zero-order chi connectivity index (χ0) is 17.0. The summed E-state index contributed by atoms with van der Waals surface area (Å²) in [5.41, 5.74) is 5.31. The van der Waals surface area contributed by atoms with Crippen LogP contribution in [0, 0.1) is 11.3 Å². The fraction of sp³-hybridized carbons (Fsp3) is 0.231. The molecule has 0 aliphatic carbocycles. The number of rotatable bonds is 5. The summed E-state index contributed by atoms with van der Waals surface area (Å²) in [6, 6.07) is 5.91. The van der Waals surface area contributed by atoms with Crippen LogP contribution in [0.5, 0.6) is 0 Å². The Labute approximate surface area is 128 Å². The topological polar surface area (TPSA) is 127 Å². The number of aromatic nitrogens is 3.